The van der Waals surface area contributed by atoms with Gasteiger partial charge in [0.15, 0.2) is 0 Å². The maximum atomic E-state index is 9.05. The molecule has 84 valence electrons. The van der Waals surface area contributed by atoms with E-state index < -0.39 is 0 Å². The fourth-order valence-electron chi connectivity index (χ4n) is 1.39. The van der Waals surface area contributed by atoms with Crippen LogP contribution in [0.25, 0.3) is 15.3 Å². The van der Waals surface area contributed by atoms with Gasteiger partial charge in [0, 0.05) is 14.6 Å². The minimum atomic E-state index is -0.142. The van der Waals surface area contributed by atoms with Gasteiger partial charge in [0.05, 0.1) is 5.57 Å². The van der Waals surface area contributed by atoms with Crippen LogP contribution in [-0.2, 0) is 0 Å². The van der Waals surface area contributed by atoms with Crippen LogP contribution in [0.1, 0.15) is 4.88 Å². The molecule has 18 heavy (non-hydrogen) atoms. The highest BCUT2D eigenvalue weighted by atomic mass is 32.1. The first-order chi connectivity index (χ1) is 8.80. The predicted molar refractivity (Wildman–Crippen MR) is 71.4 cm³/mol. The third kappa shape index (κ3) is 2.17. The Morgan fingerprint density at radius 1 is 0.944 bits per heavy atom. The minimum Gasteiger partial charge on any atom is -0.192 e. The van der Waals surface area contributed by atoms with Gasteiger partial charge in [-0.1, -0.05) is 6.07 Å². The average molecular weight is 267 g/mol. The highest BCUT2D eigenvalue weighted by molar-refractivity contribution is 7.21. The lowest BCUT2D eigenvalue weighted by molar-refractivity contribution is 1.46. The Kier molecular flexibility index (Phi) is 3.55. The molecule has 0 aliphatic rings. The van der Waals surface area contributed by atoms with Crippen LogP contribution >= 0.6 is 22.7 Å². The Labute approximate surface area is 112 Å². The molecule has 2 aromatic heterocycles. The zero-order valence-corrected chi connectivity index (χ0v) is 10.7. The Morgan fingerprint density at radius 3 is 2.28 bits per heavy atom. The van der Waals surface area contributed by atoms with Gasteiger partial charge < -0.3 is 0 Å². The second-order valence-corrected chi connectivity index (χ2v) is 5.26. The average Bonchev–Trinajstić information content (AvgIpc) is 3.05. The lowest BCUT2D eigenvalue weighted by atomic mass is 10.1. The molecule has 2 rings (SSSR count). The van der Waals surface area contributed by atoms with Crippen molar-refractivity contribution in [2.24, 2.45) is 0 Å². The molecule has 0 bridgehead atoms. The van der Waals surface area contributed by atoms with E-state index in [0.29, 0.717) is 4.88 Å². The molecule has 0 unspecified atom stereocenters. The molecular formula is C13H5N3S2. The van der Waals surface area contributed by atoms with Crippen molar-refractivity contribution < 1.29 is 0 Å². The minimum absolute atomic E-state index is 0.142. The first-order valence-corrected chi connectivity index (χ1v) is 6.58. The zero-order chi connectivity index (χ0) is 13.0. The number of thiophene rings is 2. The molecular weight excluding hydrogens is 262 g/mol. The normalized spacial score (nSPS) is 8.94. The highest BCUT2D eigenvalue weighted by Crippen LogP contribution is 2.34. The van der Waals surface area contributed by atoms with E-state index in [9.17, 15) is 0 Å². The van der Waals surface area contributed by atoms with Gasteiger partial charge in [0.1, 0.15) is 23.8 Å². The zero-order valence-electron chi connectivity index (χ0n) is 9.04. The third-order valence-electron chi connectivity index (χ3n) is 2.20. The SMILES string of the molecule is N#CC(C#N)=C(C#N)c1ccc(-c2cccs2)s1. The standard InChI is InChI=1S/C13H5N3S2/c14-6-9(7-15)10(8-16)11-3-4-13(18-11)12-2-1-5-17-12/h1-5H. The van der Waals surface area contributed by atoms with E-state index in [-0.39, 0.29) is 11.1 Å². The first kappa shape index (κ1) is 12.1. The van der Waals surface area contributed by atoms with Gasteiger partial charge in [-0.3, -0.25) is 0 Å². The number of allylic oxidation sites excluding steroid dienone is 2. The molecule has 0 N–H and O–H groups in total. The topological polar surface area (TPSA) is 71.4 Å². The molecule has 5 heteroatoms. The number of hydrogen-bond donors (Lipinski definition) is 0. The molecule has 0 saturated heterocycles. The van der Waals surface area contributed by atoms with Gasteiger partial charge in [-0.15, -0.1) is 22.7 Å². The summed E-state index contributed by atoms with van der Waals surface area (Å²) >= 11 is 3.02. The summed E-state index contributed by atoms with van der Waals surface area (Å²) in [4.78, 5) is 2.79. The van der Waals surface area contributed by atoms with E-state index in [1.807, 2.05) is 29.6 Å². The molecule has 0 aromatic carbocycles. The lowest BCUT2D eigenvalue weighted by Crippen LogP contribution is -1.81. The van der Waals surface area contributed by atoms with Gasteiger partial charge in [0.2, 0.25) is 0 Å². The molecule has 0 saturated carbocycles. The van der Waals surface area contributed by atoms with Crippen LogP contribution in [0.15, 0.2) is 35.2 Å². The van der Waals surface area contributed by atoms with Crippen molar-refractivity contribution in [3.05, 3.63) is 40.1 Å². The summed E-state index contributed by atoms with van der Waals surface area (Å²) in [6.45, 7) is 0. The highest BCUT2D eigenvalue weighted by Gasteiger charge is 2.12. The molecule has 0 aliphatic heterocycles. The van der Waals surface area contributed by atoms with Crippen LogP contribution in [0.5, 0.6) is 0 Å². The van der Waals surface area contributed by atoms with Gasteiger partial charge in [-0.05, 0) is 23.6 Å². The summed E-state index contributed by atoms with van der Waals surface area (Å²) in [5.74, 6) is 0. The molecule has 0 amide bonds. The van der Waals surface area contributed by atoms with Crippen molar-refractivity contribution in [2.75, 3.05) is 0 Å². The van der Waals surface area contributed by atoms with Gasteiger partial charge >= 0.3 is 0 Å². The summed E-state index contributed by atoms with van der Waals surface area (Å²) in [6.07, 6.45) is 0. The Bertz CT molecular complexity index is 700. The molecule has 0 spiro atoms. The summed E-state index contributed by atoms with van der Waals surface area (Å²) in [5, 5.41) is 28.6. The maximum absolute atomic E-state index is 9.05. The molecule has 0 radical (unpaired) electrons. The second kappa shape index (κ2) is 5.29. The maximum Gasteiger partial charge on any atom is 0.148 e. The second-order valence-electron chi connectivity index (χ2n) is 3.23. The Balaban J connectivity index is 2.49. The van der Waals surface area contributed by atoms with Gasteiger partial charge in [0.25, 0.3) is 0 Å². The van der Waals surface area contributed by atoms with E-state index in [2.05, 4.69) is 0 Å². The molecule has 2 heterocycles. The molecule has 2 aromatic rings. The molecule has 0 aliphatic carbocycles. The van der Waals surface area contributed by atoms with E-state index in [1.54, 1.807) is 29.5 Å². The van der Waals surface area contributed by atoms with Crippen LogP contribution < -0.4 is 0 Å². The third-order valence-corrected chi connectivity index (χ3v) is 4.37. The summed E-state index contributed by atoms with van der Waals surface area (Å²) < 4.78 is 0. The first-order valence-electron chi connectivity index (χ1n) is 4.88. The van der Waals surface area contributed by atoms with E-state index in [1.165, 1.54) is 11.3 Å². The Morgan fingerprint density at radius 2 is 1.72 bits per heavy atom. The Hall–Kier alpha value is -2.39. The van der Waals surface area contributed by atoms with Gasteiger partial charge in [-0.25, -0.2) is 0 Å². The predicted octanol–water partition coefficient (Wildman–Crippen LogP) is 3.80. The number of nitrogens with zero attached hydrogens (tertiary/aromatic N) is 3. The smallest absolute Gasteiger partial charge is 0.148 e. The van der Waals surface area contributed by atoms with Crippen molar-refractivity contribution >= 4 is 28.2 Å². The van der Waals surface area contributed by atoms with Gasteiger partial charge in [-0.2, -0.15) is 15.8 Å². The lowest BCUT2D eigenvalue weighted by Gasteiger charge is -1.92. The largest absolute Gasteiger partial charge is 0.192 e. The summed E-state index contributed by atoms with van der Waals surface area (Å²) in [6, 6.07) is 13.0. The fourth-order valence-corrected chi connectivity index (χ4v) is 3.24. The molecule has 0 atom stereocenters. The number of rotatable bonds is 2. The monoisotopic (exact) mass is 267 g/mol. The summed E-state index contributed by atoms with van der Waals surface area (Å²) in [7, 11) is 0. The summed E-state index contributed by atoms with van der Waals surface area (Å²) in [5.41, 5.74) is 0.00452. The van der Waals surface area contributed by atoms with Crippen molar-refractivity contribution in [1.29, 1.82) is 15.8 Å². The van der Waals surface area contributed by atoms with Crippen LogP contribution in [0.4, 0.5) is 0 Å². The number of nitriles is 3. The van der Waals surface area contributed by atoms with E-state index in [4.69, 9.17) is 15.8 Å². The van der Waals surface area contributed by atoms with Crippen LogP contribution in [0, 0.1) is 34.0 Å². The van der Waals surface area contributed by atoms with Crippen molar-refractivity contribution in [3.8, 4) is 28.0 Å². The quantitative estimate of drug-likeness (QED) is 0.777. The van der Waals surface area contributed by atoms with E-state index in [0.717, 1.165) is 9.75 Å². The number of hydrogen-bond acceptors (Lipinski definition) is 5. The van der Waals surface area contributed by atoms with Crippen molar-refractivity contribution in [2.45, 2.75) is 0 Å². The molecule has 0 fully saturated rings. The van der Waals surface area contributed by atoms with E-state index >= 15 is 0 Å². The van der Waals surface area contributed by atoms with Crippen LogP contribution in [0.3, 0.4) is 0 Å². The molecule has 3 nitrogen and oxygen atoms in total. The van der Waals surface area contributed by atoms with Crippen LogP contribution in [0.2, 0.25) is 0 Å². The van der Waals surface area contributed by atoms with Crippen LogP contribution in [-0.4, -0.2) is 0 Å². The van der Waals surface area contributed by atoms with Crippen molar-refractivity contribution in [3.63, 3.8) is 0 Å². The fraction of sp³-hybridized carbons (Fsp3) is 0. The van der Waals surface area contributed by atoms with Crippen molar-refractivity contribution in [1.82, 2.24) is 0 Å².